The van der Waals surface area contributed by atoms with Crippen molar-refractivity contribution < 1.29 is 9.26 Å². The number of para-hydroxylation sites is 1. The van der Waals surface area contributed by atoms with Crippen LogP contribution in [0.2, 0.25) is 0 Å². The smallest absolute Gasteiger partial charge is 0.322 e. The summed E-state index contributed by atoms with van der Waals surface area (Å²) in [5.41, 5.74) is 0.854. The van der Waals surface area contributed by atoms with E-state index < -0.39 is 0 Å². The molecule has 1 aliphatic rings. The van der Waals surface area contributed by atoms with Crippen LogP contribution in [0.4, 0.5) is 6.01 Å². The van der Waals surface area contributed by atoms with Crippen molar-refractivity contribution in [3.8, 4) is 17.1 Å². The van der Waals surface area contributed by atoms with Gasteiger partial charge in [-0.3, -0.25) is 0 Å². The molecule has 1 aromatic carbocycles. The van der Waals surface area contributed by atoms with E-state index in [1.54, 1.807) is 0 Å². The monoisotopic (exact) mass is 245 g/mol. The van der Waals surface area contributed by atoms with Crippen LogP contribution in [0.1, 0.15) is 19.8 Å². The SMILES string of the molecule is CCOc1ccccc1-c1noc(NC2CC2)n1. The normalized spacial score (nSPS) is 14.5. The Labute approximate surface area is 105 Å². The fourth-order valence-corrected chi connectivity index (χ4v) is 1.73. The lowest BCUT2D eigenvalue weighted by atomic mass is 10.2. The third-order valence-corrected chi connectivity index (χ3v) is 2.76. The van der Waals surface area contributed by atoms with Crippen molar-refractivity contribution in [2.45, 2.75) is 25.8 Å². The van der Waals surface area contributed by atoms with Gasteiger partial charge in [0.25, 0.3) is 0 Å². The molecule has 1 aromatic heterocycles. The number of hydrogen-bond acceptors (Lipinski definition) is 5. The van der Waals surface area contributed by atoms with Crippen molar-refractivity contribution in [2.24, 2.45) is 0 Å². The van der Waals surface area contributed by atoms with Gasteiger partial charge in [0.05, 0.1) is 12.2 Å². The van der Waals surface area contributed by atoms with Gasteiger partial charge in [0.15, 0.2) is 0 Å². The average molecular weight is 245 g/mol. The first-order valence-electron chi connectivity index (χ1n) is 6.19. The predicted molar refractivity (Wildman–Crippen MR) is 67.5 cm³/mol. The van der Waals surface area contributed by atoms with Gasteiger partial charge in [-0.15, -0.1) is 0 Å². The van der Waals surface area contributed by atoms with E-state index >= 15 is 0 Å². The van der Waals surface area contributed by atoms with Gasteiger partial charge < -0.3 is 14.6 Å². The highest BCUT2D eigenvalue weighted by Gasteiger charge is 2.23. The maximum atomic E-state index is 5.55. The highest BCUT2D eigenvalue weighted by atomic mass is 16.5. The number of aromatic nitrogens is 2. The average Bonchev–Trinajstić information content (AvgIpc) is 3.07. The standard InChI is InChI=1S/C13H15N3O2/c1-2-17-11-6-4-3-5-10(11)12-15-13(18-16-12)14-9-7-8-9/h3-6,9H,2,7-8H2,1H3,(H,14,15,16). The van der Waals surface area contributed by atoms with E-state index in [1.807, 2.05) is 31.2 Å². The Morgan fingerprint density at radius 2 is 2.22 bits per heavy atom. The molecule has 1 saturated carbocycles. The van der Waals surface area contributed by atoms with E-state index in [-0.39, 0.29) is 0 Å². The molecule has 0 aliphatic heterocycles. The molecule has 5 heteroatoms. The van der Waals surface area contributed by atoms with Gasteiger partial charge in [0.2, 0.25) is 5.82 Å². The van der Waals surface area contributed by atoms with E-state index in [2.05, 4.69) is 15.5 Å². The van der Waals surface area contributed by atoms with E-state index in [0.717, 1.165) is 11.3 Å². The first-order chi connectivity index (χ1) is 8.86. The van der Waals surface area contributed by atoms with Crippen molar-refractivity contribution in [2.75, 3.05) is 11.9 Å². The number of anilines is 1. The largest absolute Gasteiger partial charge is 0.493 e. The van der Waals surface area contributed by atoms with Gasteiger partial charge in [-0.05, 0) is 31.9 Å². The summed E-state index contributed by atoms with van der Waals surface area (Å²) >= 11 is 0. The summed E-state index contributed by atoms with van der Waals surface area (Å²) in [6.45, 7) is 2.56. The lowest BCUT2D eigenvalue weighted by molar-refractivity contribution is 0.341. The fourth-order valence-electron chi connectivity index (χ4n) is 1.73. The van der Waals surface area contributed by atoms with Crippen molar-refractivity contribution in [3.63, 3.8) is 0 Å². The Morgan fingerprint density at radius 3 is 3.00 bits per heavy atom. The summed E-state index contributed by atoms with van der Waals surface area (Å²) in [5.74, 6) is 1.33. The van der Waals surface area contributed by atoms with Crippen LogP contribution in [0.3, 0.4) is 0 Å². The van der Waals surface area contributed by atoms with Crippen molar-refractivity contribution in [3.05, 3.63) is 24.3 Å². The molecule has 2 aromatic rings. The molecule has 1 heterocycles. The third kappa shape index (κ3) is 2.30. The van der Waals surface area contributed by atoms with Crippen LogP contribution in [0.5, 0.6) is 5.75 Å². The van der Waals surface area contributed by atoms with E-state index in [9.17, 15) is 0 Å². The minimum Gasteiger partial charge on any atom is -0.493 e. The van der Waals surface area contributed by atoms with Gasteiger partial charge in [0, 0.05) is 6.04 Å². The summed E-state index contributed by atoms with van der Waals surface area (Å²) in [4.78, 5) is 4.33. The van der Waals surface area contributed by atoms with Crippen LogP contribution >= 0.6 is 0 Å². The Kier molecular flexibility index (Phi) is 2.88. The molecule has 1 aliphatic carbocycles. The number of benzene rings is 1. The van der Waals surface area contributed by atoms with Gasteiger partial charge in [-0.25, -0.2) is 0 Å². The minimum atomic E-state index is 0.485. The number of rotatable bonds is 5. The number of ether oxygens (including phenoxy) is 1. The molecule has 0 unspecified atom stereocenters. The molecule has 18 heavy (non-hydrogen) atoms. The predicted octanol–water partition coefficient (Wildman–Crippen LogP) is 2.71. The molecule has 94 valence electrons. The highest BCUT2D eigenvalue weighted by Crippen LogP contribution is 2.29. The molecule has 0 amide bonds. The Balaban J connectivity index is 1.86. The van der Waals surface area contributed by atoms with Gasteiger partial charge in [-0.1, -0.05) is 17.3 Å². The van der Waals surface area contributed by atoms with Gasteiger partial charge in [0.1, 0.15) is 5.75 Å². The summed E-state index contributed by atoms with van der Waals surface area (Å²) in [5, 5.41) is 7.16. The summed E-state index contributed by atoms with van der Waals surface area (Å²) in [7, 11) is 0. The zero-order valence-electron chi connectivity index (χ0n) is 10.2. The lowest BCUT2D eigenvalue weighted by Crippen LogP contribution is -2.00. The molecule has 5 nitrogen and oxygen atoms in total. The van der Waals surface area contributed by atoms with Crippen LogP contribution < -0.4 is 10.1 Å². The molecule has 1 fully saturated rings. The Morgan fingerprint density at radius 1 is 1.39 bits per heavy atom. The maximum absolute atomic E-state index is 5.55. The molecule has 0 radical (unpaired) electrons. The van der Waals surface area contributed by atoms with Crippen molar-refractivity contribution >= 4 is 6.01 Å². The number of nitrogens with zero attached hydrogens (tertiary/aromatic N) is 2. The molecule has 0 atom stereocenters. The highest BCUT2D eigenvalue weighted by molar-refractivity contribution is 5.64. The summed E-state index contributed by atoms with van der Waals surface area (Å²) in [6, 6.07) is 8.68. The Hall–Kier alpha value is -2.04. The number of hydrogen-bond donors (Lipinski definition) is 1. The van der Waals surface area contributed by atoms with E-state index in [4.69, 9.17) is 9.26 Å². The minimum absolute atomic E-state index is 0.485. The first-order valence-corrected chi connectivity index (χ1v) is 6.19. The van der Waals surface area contributed by atoms with E-state index in [0.29, 0.717) is 24.5 Å². The zero-order chi connectivity index (χ0) is 12.4. The zero-order valence-corrected chi connectivity index (χ0v) is 10.2. The van der Waals surface area contributed by atoms with Crippen LogP contribution in [0.15, 0.2) is 28.8 Å². The topological polar surface area (TPSA) is 60.2 Å². The van der Waals surface area contributed by atoms with Crippen LogP contribution in [0.25, 0.3) is 11.4 Å². The summed E-state index contributed by atoms with van der Waals surface area (Å²) in [6.07, 6.45) is 2.35. The molecule has 0 spiro atoms. The van der Waals surface area contributed by atoms with Crippen molar-refractivity contribution in [1.29, 1.82) is 0 Å². The van der Waals surface area contributed by atoms with Crippen molar-refractivity contribution in [1.82, 2.24) is 10.1 Å². The second-order valence-corrected chi connectivity index (χ2v) is 4.27. The lowest BCUT2D eigenvalue weighted by Gasteiger charge is -2.05. The Bertz CT molecular complexity index is 535. The number of nitrogens with one attached hydrogen (secondary N) is 1. The van der Waals surface area contributed by atoms with Crippen LogP contribution in [-0.2, 0) is 0 Å². The maximum Gasteiger partial charge on any atom is 0.322 e. The van der Waals surface area contributed by atoms with Gasteiger partial charge >= 0.3 is 6.01 Å². The quantitative estimate of drug-likeness (QED) is 0.877. The molecule has 1 N–H and O–H groups in total. The first kappa shape index (κ1) is 11.1. The second kappa shape index (κ2) is 4.68. The molecule has 3 rings (SSSR count). The molecule has 0 bridgehead atoms. The van der Waals surface area contributed by atoms with Crippen LogP contribution in [0, 0.1) is 0 Å². The van der Waals surface area contributed by atoms with E-state index in [1.165, 1.54) is 12.8 Å². The summed E-state index contributed by atoms with van der Waals surface area (Å²) < 4.78 is 10.7. The fraction of sp³-hybridized carbons (Fsp3) is 0.385. The molecular formula is C13H15N3O2. The second-order valence-electron chi connectivity index (χ2n) is 4.27. The van der Waals surface area contributed by atoms with Crippen LogP contribution in [-0.4, -0.2) is 22.8 Å². The molecular weight excluding hydrogens is 230 g/mol. The van der Waals surface area contributed by atoms with Gasteiger partial charge in [-0.2, -0.15) is 4.98 Å². The third-order valence-electron chi connectivity index (χ3n) is 2.76. The molecule has 0 saturated heterocycles.